The quantitative estimate of drug-likeness (QED) is 0.766. The van der Waals surface area contributed by atoms with Gasteiger partial charge in [0.1, 0.15) is 0 Å². The Bertz CT molecular complexity index is 471. The molecule has 1 aromatic rings. The van der Waals surface area contributed by atoms with Gasteiger partial charge in [-0.15, -0.1) is 0 Å². The van der Waals surface area contributed by atoms with Gasteiger partial charge in [0.15, 0.2) is 0 Å². The number of aliphatic hydroxyl groups is 1. The molecule has 0 aromatic heterocycles. The minimum Gasteiger partial charge on any atom is -0.392 e. The summed E-state index contributed by atoms with van der Waals surface area (Å²) < 4.78 is 0. The fourth-order valence-electron chi connectivity index (χ4n) is 3.26. The van der Waals surface area contributed by atoms with E-state index in [2.05, 4.69) is 34.9 Å². The van der Waals surface area contributed by atoms with Crippen molar-refractivity contribution in [3.63, 3.8) is 0 Å². The highest BCUT2D eigenvalue weighted by Crippen LogP contribution is 2.43. The molecule has 4 nitrogen and oxygen atoms in total. The molecule has 0 spiro atoms. The summed E-state index contributed by atoms with van der Waals surface area (Å²) in [5.74, 6) is 0.0174. The number of rotatable bonds is 4. The first-order chi connectivity index (χ1) is 9.70. The Morgan fingerprint density at radius 3 is 2.65 bits per heavy atom. The van der Waals surface area contributed by atoms with E-state index >= 15 is 0 Å². The largest absolute Gasteiger partial charge is 0.392 e. The van der Waals surface area contributed by atoms with Gasteiger partial charge in [0.05, 0.1) is 12.1 Å². The van der Waals surface area contributed by atoms with Crippen LogP contribution in [0.1, 0.15) is 31.2 Å². The van der Waals surface area contributed by atoms with E-state index in [4.69, 9.17) is 0 Å². The van der Waals surface area contributed by atoms with Crippen molar-refractivity contribution in [1.82, 2.24) is 10.6 Å². The van der Waals surface area contributed by atoms with Crippen molar-refractivity contribution in [3.8, 4) is 0 Å². The zero-order chi connectivity index (χ0) is 14.0. The van der Waals surface area contributed by atoms with E-state index in [-0.39, 0.29) is 17.4 Å². The van der Waals surface area contributed by atoms with Gasteiger partial charge in [-0.1, -0.05) is 36.8 Å². The second-order valence-electron chi connectivity index (χ2n) is 6.07. The van der Waals surface area contributed by atoms with Crippen molar-refractivity contribution in [3.05, 3.63) is 35.9 Å². The maximum Gasteiger partial charge on any atom is 0.237 e. The Kier molecular flexibility index (Phi) is 3.76. The highest BCUT2D eigenvalue weighted by Gasteiger charge is 2.39. The van der Waals surface area contributed by atoms with Gasteiger partial charge in [-0.25, -0.2) is 0 Å². The Labute approximate surface area is 119 Å². The lowest BCUT2D eigenvalue weighted by molar-refractivity contribution is -0.123. The minimum absolute atomic E-state index is 0.0174. The average Bonchev–Trinajstić information content (AvgIpc) is 2.85. The molecule has 0 radical (unpaired) electrons. The molecule has 1 saturated carbocycles. The third-order valence-electron chi connectivity index (χ3n) is 4.72. The molecule has 0 bridgehead atoms. The molecular formula is C16H22N2O2. The normalized spacial score (nSPS) is 27.9. The highest BCUT2D eigenvalue weighted by atomic mass is 16.3. The number of aliphatic hydroxyl groups excluding tert-OH is 1. The van der Waals surface area contributed by atoms with Gasteiger partial charge in [0.2, 0.25) is 5.91 Å². The molecule has 2 unspecified atom stereocenters. The number of carbonyl (C=O) groups is 1. The third kappa shape index (κ3) is 2.58. The number of benzene rings is 1. The molecule has 1 aromatic carbocycles. The van der Waals surface area contributed by atoms with E-state index in [1.165, 1.54) is 12.0 Å². The summed E-state index contributed by atoms with van der Waals surface area (Å²) in [4.78, 5) is 12.1. The van der Waals surface area contributed by atoms with Crippen LogP contribution < -0.4 is 10.6 Å². The van der Waals surface area contributed by atoms with E-state index in [0.29, 0.717) is 19.5 Å². The van der Waals surface area contributed by atoms with E-state index in [9.17, 15) is 9.90 Å². The average molecular weight is 274 g/mol. The smallest absolute Gasteiger partial charge is 0.237 e. The first-order valence-corrected chi connectivity index (χ1v) is 7.44. The standard InChI is InChI=1S/C16H22N2O2/c19-13-9-14(17-10-13)15(20)18-11-16(7-4-8-16)12-5-2-1-3-6-12/h1-3,5-6,13-14,17,19H,4,7-11H2,(H,18,20). The molecule has 1 amide bonds. The maximum absolute atomic E-state index is 12.1. The lowest BCUT2D eigenvalue weighted by Crippen LogP contribution is -2.49. The fraction of sp³-hybridized carbons (Fsp3) is 0.562. The Balaban J connectivity index is 1.60. The van der Waals surface area contributed by atoms with Crippen LogP contribution in [0, 0.1) is 0 Å². The minimum atomic E-state index is -0.391. The molecule has 2 aliphatic rings. The summed E-state index contributed by atoms with van der Waals surface area (Å²) in [6.45, 7) is 1.21. The SMILES string of the molecule is O=C(NCC1(c2ccccc2)CCC1)C1CC(O)CN1. The second-order valence-corrected chi connectivity index (χ2v) is 6.07. The predicted molar refractivity (Wildman–Crippen MR) is 77.4 cm³/mol. The van der Waals surface area contributed by atoms with Crippen LogP contribution in [0.15, 0.2) is 30.3 Å². The number of amides is 1. The third-order valence-corrected chi connectivity index (χ3v) is 4.72. The van der Waals surface area contributed by atoms with Gasteiger partial charge in [-0.3, -0.25) is 4.79 Å². The second kappa shape index (κ2) is 5.54. The summed E-state index contributed by atoms with van der Waals surface area (Å²) in [6.07, 6.45) is 3.63. The Hall–Kier alpha value is -1.39. The molecule has 2 atom stereocenters. The van der Waals surface area contributed by atoms with Crippen molar-refractivity contribution < 1.29 is 9.90 Å². The summed E-state index contributed by atoms with van der Waals surface area (Å²) in [6, 6.07) is 10.2. The molecule has 1 aliphatic carbocycles. The summed E-state index contributed by atoms with van der Waals surface area (Å²) in [7, 11) is 0. The first kappa shape index (κ1) is 13.6. The van der Waals surface area contributed by atoms with E-state index < -0.39 is 6.10 Å². The Morgan fingerprint density at radius 2 is 2.10 bits per heavy atom. The van der Waals surface area contributed by atoms with Gasteiger partial charge in [0, 0.05) is 18.5 Å². The predicted octanol–water partition coefficient (Wildman–Crippen LogP) is 0.947. The van der Waals surface area contributed by atoms with E-state index in [1.54, 1.807) is 0 Å². The molecule has 1 saturated heterocycles. The number of hydrogen-bond acceptors (Lipinski definition) is 3. The van der Waals surface area contributed by atoms with Crippen LogP contribution in [0.3, 0.4) is 0 Å². The summed E-state index contributed by atoms with van der Waals surface area (Å²) in [5.41, 5.74) is 1.44. The topological polar surface area (TPSA) is 61.4 Å². The zero-order valence-electron chi connectivity index (χ0n) is 11.6. The highest BCUT2D eigenvalue weighted by molar-refractivity contribution is 5.82. The van der Waals surface area contributed by atoms with E-state index in [0.717, 1.165) is 12.8 Å². The molecule has 3 rings (SSSR count). The molecule has 108 valence electrons. The van der Waals surface area contributed by atoms with Gasteiger partial charge in [-0.2, -0.15) is 0 Å². The zero-order valence-corrected chi connectivity index (χ0v) is 11.6. The molecule has 20 heavy (non-hydrogen) atoms. The van der Waals surface area contributed by atoms with Crippen molar-refractivity contribution >= 4 is 5.91 Å². The van der Waals surface area contributed by atoms with Crippen molar-refractivity contribution in [1.29, 1.82) is 0 Å². The van der Waals surface area contributed by atoms with Gasteiger partial charge in [-0.05, 0) is 24.8 Å². The lowest BCUT2D eigenvalue weighted by Gasteiger charge is -2.42. The van der Waals surface area contributed by atoms with Crippen LogP contribution in [0.4, 0.5) is 0 Å². The van der Waals surface area contributed by atoms with E-state index in [1.807, 2.05) is 6.07 Å². The van der Waals surface area contributed by atoms with Crippen LogP contribution in [0.5, 0.6) is 0 Å². The number of β-amino-alcohol motifs (C(OH)–C–C–N with tert-alkyl or cyclic N) is 1. The molecule has 1 aliphatic heterocycles. The van der Waals surface area contributed by atoms with Gasteiger partial charge in [0.25, 0.3) is 0 Å². The van der Waals surface area contributed by atoms with Gasteiger partial charge >= 0.3 is 0 Å². The van der Waals surface area contributed by atoms with Crippen LogP contribution in [0.25, 0.3) is 0 Å². The van der Waals surface area contributed by atoms with Crippen LogP contribution in [-0.2, 0) is 10.2 Å². The number of hydrogen-bond donors (Lipinski definition) is 3. The van der Waals surface area contributed by atoms with Crippen molar-refractivity contribution in [2.24, 2.45) is 0 Å². The van der Waals surface area contributed by atoms with Crippen LogP contribution >= 0.6 is 0 Å². The number of nitrogens with one attached hydrogen (secondary N) is 2. The summed E-state index contributed by atoms with van der Waals surface area (Å²) in [5, 5.41) is 15.6. The molecule has 1 heterocycles. The van der Waals surface area contributed by atoms with Crippen LogP contribution in [-0.4, -0.2) is 36.2 Å². The number of carbonyl (C=O) groups excluding carboxylic acids is 1. The summed E-state index contributed by atoms with van der Waals surface area (Å²) >= 11 is 0. The Morgan fingerprint density at radius 1 is 1.35 bits per heavy atom. The molecular weight excluding hydrogens is 252 g/mol. The lowest BCUT2D eigenvalue weighted by atomic mass is 9.64. The van der Waals surface area contributed by atoms with Crippen molar-refractivity contribution in [2.75, 3.05) is 13.1 Å². The molecule has 3 N–H and O–H groups in total. The van der Waals surface area contributed by atoms with Crippen molar-refractivity contribution in [2.45, 2.75) is 43.2 Å². The molecule has 2 fully saturated rings. The molecule has 4 heteroatoms. The monoisotopic (exact) mass is 274 g/mol. The van der Waals surface area contributed by atoms with Gasteiger partial charge < -0.3 is 15.7 Å². The first-order valence-electron chi connectivity index (χ1n) is 7.44. The maximum atomic E-state index is 12.1. The van der Waals surface area contributed by atoms with Crippen LogP contribution in [0.2, 0.25) is 0 Å². The fourth-order valence-corrected chi connectivity index (χ4v) is 3.26.